The third-order valence-corrected chi connectivity index (χ3v) is 7.12. The van der Waals surface area contributed by atoms with Crippen LogP contribution in [0.5, 0.6) is 0 Å². The van der Waals surface area contributed by atoms with Gasteiger partial charge in [0.1, 0.15) is 12.1 Å². The maximum Gasteiger partial charge on any atom is 0.188 e. The molecule has 1 aromatic carbocycles. The summed E-state index contributed by atoms with van der Waals surface area (Å²) in [6, 6.07) is 12.3. The van der Waals surface area contributed by atoms with Crippen LogP contribution in [0.1, 0.15) is 24.5 Å². The van der Waals surface area contributed by atoms with E-state index in [2.05, 4.69) is 54.7 Å². The minimum Gasteiger partial charge on any atom is -0.315 e. The van der Waals surface area contributed by atoms with E-state index in [0.29, 0.717) is 12.5 Å². The lowest BCUT2D eigenvalue weighted by atomic mass is 9.94. The summed E-state index contributed by atoms with van der Waals surface area (Å²) in [5.74, 6) is 1.27. The predicted octanol–water partition coefficient (Wildman–Crippen LogP) is 5.57. The third-order valence-electron chi connectivity index (χ3n) is 4.88. The molecule has 0 aliphatic carbocycles. The van der Waals surface area contributed by atoms with Crippen LogP contribution in [0.15, 0.2) is 62.2 Å². The molecule has 150 valence electrons. The van der Waals surface area contributed by atoms with Crippen LogP contribution in [0, 0.1) is 0 Å². The van der Waals surface area contributed by atoms with E-state index in [1.807, 2.05) is 18.2 Å². The van der Waals surface area contributed by atoms with Crippen molar-refractivity contribution in [2.75, 3.05) is 25.0 Å². The highest BCUT2D eigenvalue weighted by molar-refractivity contribution is 9.10. The van der Waals surface area contributed by atoms with Gasteiger partial charge in [-0.1, -0.05) is 30.0 Å². The number of aromatic nitrogens is 2. The second-order valence-corrected chi connectivity index (χ2v) is 9.75. The Morgan fingerprint density at radius 1 is 1.28 bits per heavy atom. The number of likely N-dealkylation sites (tertiary alicyclic amines) is 1. The van der Waals surface area contributed by atoms with Crippen molar-refractivity contribution >= 4 is 56.3 Å². The molecule has 1 N–H and O–H groups in total. The van der Waals surface area contributed by atoms with Gasteiger partial charge in [-0.15, -0.1) is 11.3 Å². The first-order valence-corrected chi connectivity index (χ1v) is 12.0. The highest BCUT2D eigenvalue weighted by Crippen LogP contribution is 2.37. The largest absolute Gasteiger partial charge is 0.315 e. The number of hydrogen-bond donors (Lipinski definition) is 1. The molecule has 1 aliphatic heterocycles. The molecule has 0 radical (unpaired) electrons. The molecular weight excluding hydrogens is 468 g/mol. The molecule has 5 nitrogen and oxygen atoms in total. The van der Waals surface area contributed by atoms with Crippen LogP contribution >= 0.6 is 39.0 Å². The fraction of sp³-hybridized carbons (Fsp3) is 0.286. The second kappa shape index (κ2) is 9.84. The van der Waals surface area contributed by atoms with Crippen molar-refractivity contribution in [2.45, 2.75) is 28.6 Å². The molecule has 0 bridgehead atoms. The molecule has 0 amide bonds. The molecule has 3 aromatic rings. The van der Waals surface area contributed by atoms with Crippen molar-refractivity contribution in [3.05, 3.63) is 58.1 Å². The Bertz CT molecular complexity index is 958. The summed E-state index contributed by atoms with van der Waals surface area (Å²) in [6.45, 7) is 2.44. The van der Waals surface area contributed by atoms with Crippen LogP contribution < -0.4 is 5.32 Å². The number of halogens is 1. The zero-order valence-corrected chi connectivity index (χ0v) is 19.0. The van der Waals surface area contributed by atoms with Crippen molar-refractivity contribution in [1.29, 1.82) is 0 Å². The number of aldehydes is 1. The van der Waals surface area contributed by atoms with E-state index in [4.69, 9.17) is 4.98 Å². The molecule has 0 spiro atoms. The number of nitrogens with one attached hydrogen (secondary N) is 1. The molecule has 0 saturated carbocycles. The van der Waals surface area contributed by atoms with Gasteiger partial charge in [-0.3, -0.25) is 4.90 Å². The second-order valence-electron chi connectivity index (χ2n) is 6.86. The van der Waals surface area contributed by atoms with Gasteiger partial charge in [0.2, 0.25) is 0 Å². The smallest absolute Gasteiger partial charge is 0.188 e. The Hall–Kier alpha value is -1.74. The minimum atomic E-state index is 0.459. The Labute approximate surface area is 187 Å². The van der Waals surface area contributed by atoms with Gasteiger partial charge in [0.05, 0.1) is 17.1 Å². The minimum absolute atomic E-state index is 0.459. The first-order chi connectivity index (χ1) is 14.2. The van der Waals surface area contributed by atoms with Crippen LogP contribution in [0.4, 0.5) is 10.9 Å². The number of pyridine rings is 1. The molecule has 8 heteroatoms. The fourth-order valence-corrected chi connectivity index (χ4v) is 5.56. The van der Waals surface area contributed by atoms with Crippen molar-refractivity contribution in [1.82, 2.24) is 14.9 Å². The molecule has 3 heterocycles. The van der Waals surface area contributed by atoms with Crippen molar-refractivity contribution in [3.8, 4) is 0 Å². The van der Waals surface area contributed by atoms with E-state index in [1.165, 1.54) is 0 Å². The number of benzene rings is 1. The zero-order valence-electron chi connectivity index (χ0n) is 15.8. The Balaban J connectivity index is 1.46. The summed E-state index contributed by atoms with van der Waals surface area (Å²) in [4.78, 5) is 24.5. The summed E-state index contributed by atoms with van der Waals surface area (Å²) in [5.41, 5.74) is 1.14. The quantitative estimate of drug-likeness (QED) is 0.438. The maximum absolute atomic E-state index is 10.7. The number of carbonyl (C=O) groups excluding carboxylic acids is 1. The number of anilines is 2. The lowest BCUT2D eigenvalue weighted by Gasteiger charge is -2.29. The van der Waals surface area contributed by atoms with Gasteiger partial charge in [-0.25, -0.2) is 9.97 Å². The molecule has 29 heavy (non-hydrogen) atoms. The number of nitrogens with zero attached hydrogens (tertiary/aromatic N) is 3. The number of rotatable bonds is 7. The zero-order chi connectivity index (χ0) is 20.1. The molecule has 0 unspecified atom stereocenters. The van der Waals surface area contributed by atoms with E-state index in [9.17, 15) is 4.79 Å². The van der Waals surface area contributed by atoms with Gasteiger partial charge in [-0.2, -0.15) is 0 Å². The van der Waals surface area contributed by atoms with Crippen LogP contribution in [0.25, 0.3) is 0 Å². The highest BCUT2D eigenvalue weighted by atomic mass is 79.9. The standard InChI is InChI=1S/C21H21BrN4OS2/c22-16-12-19(29-17-4-2-1-3-5-17)20(23-13-16)25-21-24-18(14-28-21)15-6-8-26(9-7-15)10-11-27/h1-5,11-15H,6-10H2,(H,23,24,25). The van der Waals surface area contributed by atoms with Gasteiger partial charge in [-0.05, 0) is 60.1 Å². The Kier molecular flexibility index (Phi) is 6.97. The lowest BCUT2D eigenvalue weighted by Crippen LogP contribution is -2.34. The first-order valence-electron chi connectivity index (χ1n) is 9.48. The summed E-state index contributed by atoms with van der Waals surface area (Å²) in [6.07, 6.45) is 4.88. The highest BCUT2D eigenvalue weighted by Gasteiger charge is 2.22. The molecule has 1 saturated heterocycles. The number of hydrogen-bond acceptors (Lipinski definition) is 7. The monoisotopic (exact) mass is 488 g/mol. The summed E-state index contributed by atoms with van der Waals surface area (Å²) in [7, 11) is 0. The van der Waals surface area contributed by atoms with Gasteiger partial charge in [0.25, 0.3) is 0 Å². The topological polar surface area (TPSA) is 58.1 Å². The Morgan fingerprint density at radius 3 is 2.83 bits per heavy atom. The van der Waals surface area contributed by atoms with Gasteiger partial charge >= 0.3 is 0 Å². The maximum atomic E-state index is 10.7. The van der Waals surface area contributed by atoms with E-state index in [1.54, 1.807) is 29.3 Å². The van der Waals surface area contributed by atoms with Crippen LogP contribution in [-0.4, -0.2) is 40.8 Å². The van der Waals surface area contributed by atoms with Crippen molar-refractivity contribution in [2.24, 2.45) is 0 Å². The van der Waals surface area contributed by atoms with E-state index >= 15 is 0 Å². The van der Waals surface area contributed by atoms with Crippen LogP contribution in [0.2, 0.25) is 0 Å². The summed E-state index contributed by atoms with van der Waals surface area (Å²) < 4.78 is 0.948. The molecule has 4 rings (SSSR count). The van der Waals surface area contributed by atoms with Crippen molar-refractivity contribution < 1.29 is 4.79 Å². The lowest BCUT2D eigenvalue weighted by molar-refractivity contribution is -0.109. The average molecular weight is 489 g/mol. The number of thiazole rings is 1. The van der Waals surface area contributed by atoms with Crippen LogP contribution in [-0.2, 0) is 4.79 Å². The molecule has 1 fully saturated rings. The van der Waals surface area contributed by atoms with Crippen LogP contribution in [0.3, 0.4) is 0 Å². The van der Waals surface area contributed by atoms with E-state index < -0.39 is 0 Å². The molecular formula is C21H21BrN4OS2. The van der Waals surface area contributed by atoms with E-state index in [0.717, 1.165) is 63.1 Å². The normalized spacial score (nSPS) is 15.3. The van der Waals surface area contributed by atoms with Crippen molar-refractivity contribution in [3.63, 3.8) is 0 Å². The van der Waals surface area contributed by atoms with E-state index in [-0.39, 0.29) is 0 Å². The number of carbonyl (C=O) groups is 1. The third kappa shape index (κ3) is 5.45. The predicted molar refractivity (Wildman–Crippen MR) is 122 cm³/mol. The van der Waals surface area contributed by atoms with Gasteiger partial charge in [0, 0.05) is 26.9 Å². The number of piperidine rings is 1. The summed E-state index contributed by atoms with van der Waals surface area (Å²) in [5, 5.41) is 6.41. The molecule has 0 atom stereocenters. The van der Waals surface area contributed by atoms with Gasteiger partial charge < -0.3 is 10.1 Å². The fourth-order valence-electron chi connectivity index (χ4n) is 3.36. The first kappa shape index (κ1) is 20.5. The van der Waals surface area contributed by atoms with Gasteiger partial charge in [0.15, 0.2) is 5.13 Å². The summed E-state index contributed by atoms with van der Waals surface area (Å²) >= 11 is 6.82. The SMILES string of the molecule is O=CCN1CCC(c2csc(Nc3ncc(Br)cc3Sc3ccccc3)n2)CC1. The average Bonchev–Trinajstić information content (AvgIpc) is 3.20. The molecule has 2 aromatic heterocycles. The molecule has 1 aliphatic rings. The Morgan fingerprint density at radius 2 is 2.07 bits per heavy atom.